The van der Waals surface area contributed by atoms with Crippen molar-refractivity contribution in [3.8, 4) is 0 Å². The normalized spacial score (nSPS) is 18.5. The lowest BCUT2D eigenvalue weighted by atomic mass is 9.74. The maximum absolute atomic E-state index is 13.9. The van der Waals surface area contributed by atoms with Gasteiger partial charge < -0.3 is 14.0 Å². The van der Waals surface area contributed by atoms with E-state index in [1.54, 1.807) is 13.8 Å². The molecule has 2 unspecified atom stereocenters. The summed E-state index contributed by atoms with van der Waals surface area (Å²) in [5, 5.41) is 0. The van der Waals surface area contributed by atoms with E-state index >= 15 is 0 Å². The van der Waals surface area contributed by atoms with E-state index in [-0.39, 0.29) is 29.2 Å². The highest BCUT2D eigenvalue weighted by Gasteiger charge is 2.46. The molecule has 0 saturated carbocycles. The number of aliphatic imine (C=N–C) groups is 1. The lowest BCUT2D eigenvalue weighted by molar-refractivity contribution is -0.870. The molecule has 37 heavy (non-hydrogen) atoms. The Morgan fingerprint density at radius 3 is 2.16 bits per heavy atom. The minimum atomic E-state index is -4.67. The van der Waals surface area contributed by atoms with Gasteiger partial charge in [-0.1, -0.05) is 37.5 Å². The molecule has 6 nitrogen and oxygen atoms in total. The van der Waals surface area contributed by atoms with Gasteiger partial charge in [0.05, 0.1) is 52.5 Å². The molecule has 0 radical (unpaired) electrons. The molecule has 0 amide bonds. The van der Waals surface area contributed by atoms with Crippen LogP contribution in [0.2, 0.25) is 0 Å². The summed E-state index contributed by atoms with van der Waals surface area (Å²) >= 11 is 0. The van der Waals surface area contributed by atoms with Crippen molar-refractivity contribution in [1.82, 2.24) is 0 Å². The van der Waals surface area contributed by atoms with Gasteiger partial charge in [-0.2, -0.15) is 13.2 Å². The van der Waals surface area contributed by atoms with Crippen LogP contribution in [0, 0.1) is 5.92 Å². The van der Waals surface area contributed by atoms with Gasteiger partial charge in [-0.05, 0) is 44.7 Å². The van der Waals surface area contributed by atoms with Gasteiger partial charge in [0.1, 0.15) is 5.92 Å². The average molecular weight is 526 g/mol. The third-order valence-electron chi connectivity index (χ3n) is 6.56. The summed E-state index contributed by atoms with van der Waals surface area (Å²) in [5.74, 6) is -3.91. The van der Waals surface area contributed by atoms with Gasteiger partial charge in [-0.25, -0.2) is 4.79 Å². The minimum Gasteiger partial charge on any atom is -0.468 e. The third-order valence-corrected chi connectivity index (χ3v) is 6.56. The van der Waals surface area contributed by atoms with Crippen molar-refractivity contribution in [2.45, 2.75) is 64.5 Å². The van der Waals surface area contributed by atoms with Crippen LogP contribution in [0.5, 0.6) is 0 Å². The van der Waals surface area contributed by atoms with Crippen molar-refractivity contribution >= 4 is 17.7 Å². The molecule has 1 aliphatic heterocycles. The van der Waals surface area contributed by atoms with Crippen molar-refractivity contribution in [3.63, 3.8) is 0 Å². The number of allylic oxidation sites excluding steroid dienone is 1. The lowest BCUT2D eigenvalue weighted by Crippen LogP contribution is -2.37. The zero-order chi connectivity index (χ0) is 27.8. The number of carbonyl (C=O) groups is 2. The number of alkyl halides is 3. The number of nitrogens with zero attached hydrogens (tertiary/aromatic N) is 2. The summed E-state index contributed by atoms with van der Waals surface area (Å²) in [6.07, 6.45) is 1.30. The van der Waals surface area contributed by atoms with Crippen LogP contribution in [0.4, 0.5) is 13.2 Å². The summed E-state index contributed by atoms with van der Waals surface area (Å²) in [4.78, 5) is 30.2. The molecule has 2 atom stereocenters. The molecule has 0 N–H and O–H groups in total. The summed E-state index contributed by atoms with van der Waals surface area (Å²) < 4.78 is 53.1. The Labute approximate surface area is 218 Å². The van der Waals surface area contributed by atoms with Gasteiger partial charge in [0.15, 0.2) is 0 Å². The number of quaternary nitrogens is 1. The molecule has 206 valence electrons. The highest BCUT2D eigenvalue weighted by atomic mass is 19.4. The highest BCUT2D eigenvalue weighted by molar-refractivity contribution is 6.07. The first-order valence-electron chi connectivity index (χ1n) is 12.8. The molecule has 0 saturated heterocycles. The molecule has 0 aliphatic carbocycles. The SMILES string of the molecule is COC(=O)C1C(C)=NC(C)=C(C(=O)OCCCCCCCC[N+](C)(C)C)C1c1ccccc1C(F)(F)F. The average Bonchev–Trinajstić information content (AvgIpc) is 2.80. The van der Waals surface area contributed by atoms with Gasteiger partial charge in [0, 0.05) is 17.3 Å². The second kappa shape index (κ2) is 13.2. The number of hydrogen-bond acceptors (Lipinski definition) is 5. The van der Waals surface area contributed by atoms with Gasteiger partial charge in [-0.15, -0.1) is 0 Å². The number of esters is 2. The van der Waals surface area contributed by atoms with Crippen molar-refractivity contribution in [3.05, 3.63) is 46.7 Å². The van der Waals surface area contributed by atoms with Gasteiger partial charge in [0.25, 0.3) is 0 Å². The van der Waals surface area contributed by atoms with E-state index in [0.29, 0.717) is 6.42 Å². The Morgan fingerprint density at radius 1 is 0.973 bits per heavy atom. The molecule has 1 aliphatic rings. The molecule has 0 aromatic heterocycles. The largest absolute Gasteiger partial charge is 0.468 e. The Kier molecular flexibility index (Phi) is 10.9. The van der Waals surface area contributed by atoms with Gasteiger partial charge >= 0.3 is 18.1 Å². The summed E-state index contributed by atoms with van der Waals surface area (Å²) in [6.45, 7) is 4.37. The number of hydrogen-bond donors (Lipinski definition) is 0. The first kappa shape index (κ1) is 30.5. The first-order valence-corrected chi connectivity index (χ1v) is 12.8. The molecular formula is C28H40F3N2O4+. The number of methoxy groups -OCH3 is 1. The molecule has 0 spiro atoms. The smallest absolute Gasteiger partial charge is 0.416 e. The molecular weight excluding hydrogens is 485 g/mol. The fourth-order valence-corrected chi connectivity index (χ4v) is 4.73. The number of unbranched alkanes of at least 4 members (excludes halogenated alkanes) is 5. The maximum atomic E-state index is 13.9. The fraction of sp³-hybridized carbons (Fsp3) is 0.607. The predicted octanol–water partition coefficient (Wildman–Crippen LogP) is 5.92. The number of carbonyl (C=O) groups excluding carboxylic acids is 2. The molecule has 1 heterocycles. The molecule has 9 heteroatoms. The Balaban J connectivity index is 2.16. The van der Waals surface area contributed by atoms with Gasteiger partial charge in [-0.3, -0.25) is 9.79 Å². The van der Waals surface area contributed by atoms with Crippen molar-refractivity contribution in [1.29, 1.82) is 0 Å². The van der Waals surface area contributed by atoms with E-state index in [2.05, 4.69) is 26.1 Å². The van der Waals surface area contributed by atoms with Crippen LogP contribution in [0.1, 0.15) is 69.4 Å². The number of benzene rings is 1. The minimum absolute atomic E-state index is 0.0435. The Hall–Kier alpha value is -2.68. The molecule has 0 bridgehead atoms. The standard InChI is InChI=1S/C28H40F3N2O4/c1-19-23(26(34)36-6)25(21-15-11-12-16-22(21)28(29,30)31)24(20(2)32-19)27(35)37-18-14-10-8-7-9-13-17-33(3,4)5/h11-12,15-16,23,25H,7-10,13-14,17-18H2,1-6H3/q+1. The second-order valence-electron chi connectivity index (χ2n) is 10.6. The molecule has 2 rings (SSSR count). The molecule has 1 aromatic rings. The Morgan fingerprint density at radius 2 is 1.57 bits per heavy atom. The third kappa shape index (κ3) is 8.69. The second-order valence-corrected chi connectivity index (χ2v) is 10.6. The summed E-state index contributed by atoms with van der Waals surface area (Å²) in [5.41, 5.74) is -0.611. The van der Waals surface area contributed by atoms with Crippen LogP contribution in [-0.4, -0.2) is 63.5 Å². The topological polar surface area (TPSA) is 65.0 Å². The molecule has 0 fully saturated rings. The number of halogens is 3. The summed E-state index contributed by atoms with van der Waals surface area (Å²) in [7, 11) is 7.67. The van der Waals surface area contributed by atoms with Crippen molar-refractivity contribution in [2.24, 2.45) is 10.9 Å². The molecule has 1 aromatic carbocycles. The van der Waals surface area contributed by atoms with E-state index in [4.69, 9.17) is 9.47 Å². The predicted molar refractivity (Wildman–Crippen MR) is 137 cm³/mol. The van der Waals surface area contributed by atoms with Crippen LogP contribution in [0.25, 0.3) is 0 Å². The van der Waals surface area contributed by atoms with Gasteiger partial charge in [0.2, 0.25) is 0 Å². The Bertz CT molecular complexity index is 1010. The first-order chi connectivity index (χ1) is 17.3. The van der Waals surface area contributed by atoms with Crippen LogP contribution in [-0.2, 0) is 25.2 Å². The van der Waals surface area contributed by atoms with Crippen LogP contribution >= 0.6 is 0 Å². The van der Waals surface area contributed by atoms with Crippen molar-refractivity contribution < 1.29 is 36.7 Å². The van der Waals surface area contributed by atoms with E-state index < -0.39 is 35.5 Å². The van der Waals surface area contributed by atoms with Crippen molar-refractivity contribution in [2.75, 3.05) is 41.4 Å². The highest BCUT2D eigenvalue weighted by Crippen LogP contribution is 2.44. The maximum Gasteiger partial charge on any atom is 0.416 e. The fourth-order valence-electron chi connectivity index (χ4n) is 4.73. The lowest BCUT2D eigenvalue weighted by Gasteiger charge is -2.32. The van der Waals surface area contributed by atoms with Crippen LogP contribution in [0.3, 0.4) is 0 Å². The van der Waals surface area contributed by atoms with E-state index in [1.165, 1.54) is 18.2 Å². The van der Waals surface area contributed by atoms with E-state index in [9.17, 15) is 22.8 Å². The summed E-state index contributed by atoms with van der Waals surface area (Å²) in [6, 6.07) is 4.98. The van der Waals surface area contributed by atoms with Crippen LogP contribution in [0.15, 0.2) is 40.5 Å². The monoisotopic (exact) mass is 525 g/mol. The zero-order valence-corrected chi connectivity index (χ0v) is 22.8. The quantitative estimate of drug-likeness (QED) is 0.193. The van der Waals surface area contributed by atoms with E-state index in [1.807, 2.05) is 0 Å². The van der Waals surface area contributed by atoms with E-state index in [0.717, 1.165) is 56.3 Å². The number of ether oxygens (including phenoxy) is 2. The van der Waals surface area contributed by atoms with Crippen LogP contribution < -0.4 is 0 Å². The number of rotatable bonds is 12. The zero-order valence-electron chi connectivity index (χ0n) is 22.8.